The Hall–Kier alpha value is -1.76. The van der Waals surface area contributed by atoms with E-state index >= 15 is 0 Å². The zero-order chi connectivity index (χ0) is 21.9. The summed E-state index contributed by atoms with van der Waals surface area (Å²) < 4.78 is 29.6. The number of ether oxygens (including phenoxy) is 1. The second kappa shape index (κ2) is 9.58. The maximum absolute atomic E-state index is 13.0. The summed E-state index contributed by atoms with van der Waals surface area (Å²) in [5.74, 6) is 0.558. The van der Waals surface area contributed by atoms with Crippen molar-refractivity contribution < 1.29 is 17.9 Å². The Morgan fingerprint density at radius 2 is 1.87 bits per heavy atom. The van der Waals surface area contributed by atoms with E-state index in [1.165, 1.54) is 5.56 Å². The van der Waals surface area contributed by atoms with Crippen LogP contribution in [0.3, 0.4) is 0 Å². The van der Waals surface area contributed by atoms with Gasteiger partial charge < -0.3 is 9.64 Å². The summed E-state index contributed by atoms with van der Waals surface area (Å²) in [6.45, 7) is 4.33. The highest BCUT2D eigenvalue weighted by Gasteiger charge is 2.34. The molecule has 162 valence electrons. The highest BCUT2D eigenvalue weighted by atomic mass is 35.5. The standard InChI is InChI=1S/C22H25Cl2NO4S/c1-15(2)17-5-3-16(4-6-17)12-25(19-9-10-30(27,28)14-19)22(26)13-29-21-8-7-18(23)11-20(21)24/h3-8,11,15,19H,9-10,12-14H2,1-2H3/t19-/m1/s1. The number of amides is 1. The van der Waals surface area contributed by atoms with E-state index in [1.54, 1.807) is 23.1 Å². The molecular formula is C22H25Cl2NO4S. The molecule has 0 radical (unpaired) electrons. The first-order valence-corrected chi connectivity index (χ1v) is 12.4. The molecule has 0 saturated carbocycles. The molecule has 1 heterocycles. The van der Waals surface area contributed by atoms with Crippen molar-refractivity contribution in [1.82, 2.24) is 4.90 Å². The van der Waals surface area contributed by atoms with Gasteiger partial charge in [0, 0.05) is 17.6 Å². The fraction of sp³-hybridized carbons (Fsp3) is 0.409. The Balaban J connectivity index is 1.75. The lowest BCUT2D eigenvalue weighted by Gasteiger charge is -2.28. The summed E-state index contributed by atoms with van der Waals surface area (Å²) in [6.07, 6.45) is 0.430. The molecule has 8 heteroatoms. The van der Waals surface area contributed by atoms with Gasteiger partial charge in [0.05, 0.1) is 16.5 Å². The predicted molar refractivity (Wildman–Crippen MR) is 120 cm³/mol. The molecule has 0 N–H and O–H groups in total. The Morgan fingerprint density at radius 3 is 2.43 bits per heavy atom. The van der Waals surface area contributed by atoms with Crippen LogP contribution in [-0.2, 0) is 21.2 Å². The quantitative estimate of drug-likeness (QED) is 0.588. The van der Waals surface area contributed by atoms with E-state index in [1.807, 2.05) is 24.3 Å². The summed E-state index contributed by atoms with van der Waals surface area (Å²) in [5, 5.41) is 0.788. The highest BCUT2D eigenvalue weighted by molar-refractivity contribution is 7.91. The number of benzene rings is 2. The number of halogens is 2. The molecule has 3 rings (SSSR count). The minimum Gasteiger partial charge on any atom is -0.482 e. The van der Waals surface area contributed by atoms with Crippen molar-refractivity contribution in [2.24, 2.45) is 0 Å². The van der Waals surface area contributed by atoms with Gasteiger partial charge in [-0.05, 0) is 41.7 Å². The fourth-order valence-corrected chi connectivity index (χ4v) is 5.66. The van der Waals surface area contributed by atoms with Crippen molar-refractivity contribution in [1.29, 1.82) is 0 Å². The van der Waals surface area contributed by atoms with Gasteiger partial charge in [0.1, 0.15) is 5.75 Å². The monoisotopic (exact) mass is 469 g/mol. The van der Waals surface area contributed by atoms with Gasteiger partial charge in [0.25, 0.3) is 5.91 Å². The SMILES string of the molecule is CC(C)c1ccc(CN(C(=O)COc2ccc(Cl)cc2Cl)[C@@H]2CCS(=O)(=O)C2)cc1. The zero-order valence-corrected chi connectivity index (χ0v) is 19.3. The van der Waals surface area contributed by atoms with Crippen molar-refractivity contribution in [3.8, 4) is 5.75 Å². The van der Waals surface area contributed by atoms with Crippen molar-refractivity contribution in [3.63, 3.8) is 0 Å². The lowest BCUT2D eigenvalue weighted by atomic mass is 10.0. The van der Waals surface area contributed by atoms with Crippen LogP contribution in [0.15, 0.2) is 42.5 Å². The summed E-state index contributed by atoms with van der Waals surface area (Å²) >= 11 is 12.0. The number of sulfone groups is 1. The fourth-order valence-electron chi connectivity index (χ4n) is 3.46. The van der Waals surface area contributed by atoms with Gasteiger partial charge in [-0.15, -0.1) is 0 Å². The molecule has 0 bridgehead atoms. The molecule has 0 aromatic heterocycles. The van der Waals surface area contributed by atoms with Gasteiger partial charge in [-0.3, -0.25) is 4.79 Å². The number of hydrogen-bond donors (Lipinski definition) is 0. The van der Waals surface area contributed by atoms with Crippen LogP contribution < -0.4 is 4.74 Å². The van der Waals surface area contributed by atoms with Gasteiger partial charge in [0.2, 0.25) is 0 Å². The van der Waals surface area contributed by atoms with Gasteiger partial charge in [-0.2, -0.15) is 0 Å². The second-order valence-corrected chi connectivity index (χ2v) is 10.9. The number of rotatable bonds is 7. The molecule has 1 amide bonds. The normalized spacial score (nSPS) is 17.8. The first-order chi connectivity index (χ1) is 14.1. The topological polar surface area (TPSA) is 63.7 Å². The van der Waals surface area contributed by atoms with Gasteiger partial charge in [-0.25, -0.2) is 8.42 Å². The Labute approximate surface area is 187 Å². The van der Waals surface area contributed by atoms with Crippen LogP contribution >= 0.6 is 23.2 Å². The van der Waals surface area contributed by atoms with E-state index in [-0.39, 0.29) is 30.1 Å². The largest absolute Gasteiger partial charge is 0.482 e. The third kappa shape index (κ3) is 5.90. The van der Waals surface area contributed by atoms with E-state index in [2.05, 4.69) is 13.8 Å². The molecule has 0 unspecified atom stereocenters. The molecule has 1 fully saturated rings. The highest BCUT2D eigenvalue weighted by Crippen LogP contribution is 2.28. The molecule has 1 aliphatic heterocycles. The van der Waals surface area contributed by atoms with E-state index in [0.29, 0.717) is 34.7 Å². The van der Waals surface area contributed by atoms with Gasteiger partial charge in [-0.1, -0.05) is 61.3 Å². The molecule has 5 nitrogen and oxygen atoms in total. The van der Waals surface area contributed by atoms with Crippen molar-refractivity contribution in [3.05, 3.63) is 63.6 Å². The van der Waals surface area contributed by atoms with Crippen LogP contribution in [0.1, 0.15) is 37.3 Å². The van der Waals surface area contributed by atoms with Crippen LogP contribution in [-0.4, -0.2) is 43.4 Å². The van der Waals surface area contributed by atoms with Crippen LogP contribution in [0.2, 0.25) is 10.0 Å². The summed E-state index contributed by atoms with van der Waals surface area (Å²) in [6, 6.07) is 12.5. The smallest absolute Gasteiger partial charge is 0.261 e. The molecule has 1 aliphatic rings. The van der Waals surface area contributed by atoms with E-state index < -0.39 is 9.84 Å². The third-order valence-corrected chi connectivity index (χ3v) is 7.49. The lowest BCUT2D eigenvalue weighted by Crippen LogP contribution is -2.43. The zero-order valence-electron chi connectivity index (χ0n) is 17.0. The average molecular weight is 470 g/mol. The number of carbonyl (C=O) groups excluding carboxylic acids is 1. The van der Waals surface area contributed by atoms with Crippen LogP contribution in [0.5, 0.6) is 5.75 Å². The van der Waals surface area contributed by atoms with Crippen LogP contribution in [0.4, 0.5) is 0 Å². The Kier molecular flexibility index (Phi) is 7.32. The first kappa shape index (κ1) is 22.9. The minimum atomic E-state index is -3.13. The van der Waals surface area contributed by atoms with Crippen LogP contribution in [0.25, 0.3) is 0 Å². The molecular weight excluding hydrogens is 445 g/mol. The third-order valence-electron chi connectivity index (χ3n) is 5.21. The second-order valence-electron chi connectivity index (χ2n) is 7.84. The van der Waals surface area contributed by atoms with E-state index in [9.17, 15) is 13.2 Å². The van der Waals surface area contributed by atoms with Gasteiger partial charge in [0.15, 0.2) is 16.4 Å². The number of carbonyl (C=O) groups is 1. The summed E-state index contributed by atoms with van der Waals surface area (Å²) in [5.41, 5.74) is 2.15. The van der Waals surface area contributed by atoms with Crippen molar-refractivity contribution in [2.45, 2.75) is 38.8 Å². The average Bonchev–Trinajstić information content (AvgIpc) is 3.05. The lowest BCUT2D eigenvalue weighted by molar-refractivity contribution is -0.136. The Bertz CT molecular complexity index is 1010. The van der Waals surface area contributed by atoms with Gasteiger partial charge >= 0.3 is 0 Å². The first-order valence-electron chi connectivity index (χ1n) is 9.81. The van der Waals surface area contributed by atoms with Crippen molar-refractivity contribution >= 4 is 38.9 Å². The van der Waals surface area contributed by atoms with E-state index in [0.717, 1.165) is 5.56 Å². The minimum absolute atomic E-state index is 0.0233. The molecule has 2 aromatic carbocycles. The number of nitrogens with zero attached hydrogens (tertiary/aromatic N) is 1. The number of hydrogen-bond acceptors (Lipinski definition) is 4. The Morgan fingerprint density at radius 1 is 1.17 bits per heavy atom. The molecule has 1 saturated heterocycles. The van der Waals surface area contributed by atoms with Crippen molar-refractivity contribution in [2.75, 3.05) is 18.1 Å². The summed E-state index contributed by atoms with van der Waals surface area (Å²) in [4.78, 5) is 14.6. The molecule has 0 spiro atoms. The molecule has 1 atom stereocenters. The molecule has 0 aliphatic carbocycles. The van der Waals surface area contributed by atoms with E-state index in [4.69, 9.17) is 27.9 Å². The molecule has 2 aromatic rings. The maximum Gasteiger partial charge on any atom is 0.261 e. The molecule has 30 heavy (non-hydrogen) atoms. The maximum atomic E-state index is 13.0. The van der Waals surface area contributed by atoms with Crippen LogP contribution in [0, 0.1) is 0 Å². The summed E-state index contributed by atoms with van der Waals surface area (Å²) in [7, 11) is -3.13. The predicted octanol–water partition coefficient (Wildman–Crippen LogP) is 4.71.